The SMILES string of the molecule is COc1ccc(N(Cc2ccc(S(=O)(=O)N(C)C)o2)Cc2cccs2)cc1. The number of furan rings is 1. The third kappa shape index (κ3) is 4.52. The summed E-state index contributed by atoms with van der Waals surface area (Å²) in [7, 11) is 1.02. The molecule has 0 radical (unpaired) electrons. The van der Waals surface area contributed by atoms with Crippen molar-refractivity contribution in [1.82, 2.24) is 4.31 Å². The molecule has 2 heterocycles. The van der Waals surface area contributed by atoms with Crippen LogP contribution in [-0.4, -0.2) is 33.9 Å². The summed E-state index contributed by atoms with van der Waals surface area (Å²) in [5.41, 5.74) is 0.998. The summed E-state index contributed by atoms with van der Waals surface area (Å²) < 4.78 is 36.5. The van der Waals surface area contributed by atoms with Crippen LogP contribution in [0.4, 0.5) is 5.69 Å². The Kier molecular flexibility index (Phi) is 5.88. The third-order valence-corrected chi connectivity index (χ3v) is 6.63. The van der Waals surface area contributed by atoms with Crippen LogP contribution in [0.5, 0.6) is 5.75 Å². The van der Waals surface area contributed by atoms with Crippen LogP contribution in [0.25, 0.3) is 0 Å². The van der Waals surface area contributed by atoms with E-state index in [1.807, 2.05) is 35.7 Å². The van der Waals surface area contributed by atoms with Gasteiger partial charge in [0.25, 0.3) is 10.0 Å². The molecule has 0 atom stereocenters. The molecular formula is C19H22N2O4S2. The van der Waals surface area contributed by atoms with Crippen molar-refractivity contribution in [2.45, 2.75) is 18.2 Å². The van der Waals surface area contributed by atoms with Crippen LogP contribution < -0.4 is 9.64 Å². The van der Waals surface area contributed by atoms with E-state index in [-0.39, 0.29) is 5.09 Å². The van der Waals surface area contributed by atoms with Gasteiger partial charge in [-0.1, -0.05) is 6.07 Å². The Morgan fingerprint density at radius 2 is 1.78 bits per heavy atom. The molecule has 0 aliphatic carbocycles. The fourth-order valence-electron chi connectivity index (χ4n) is 2.57. The summed E-state index contributed by atoms with van der Waals surface area (Å²) in [5.74, 6) is 1.37. The number of anilines is 1. The zero-order valence-electron chi connectivity index (χ0n) is 15.5. The molecule has 0 spiro atoms. The Morgan fingerprint density at radius 3 is 2.37 bits per heavy atom. The van der Waals surface area contributed by atoms with Crippen LogP contribution in [0.2, 0.25) is 0 Å². The molecule has 0 N–H and O–H groups in total. The van der Waals surface area contributed by atoms with Crippen molar-refractivity contribution in [3.05, 3.63) is 64.5 Å². The van der Waals surface area contributed by atoms with Crippen molar-refractivity contribution in [2.24, 2.45) is 0 Å². The summed E-state index contributed by atoms with van der Waals surface area (Å²) in [6.07, 6.45) is 0. The van der Waals surface area contributed by atoms with Gasteiger partial charge in [0.15, 0.2) is 0 Å². The van der Waals surface area contributed by atoms with Gasteiger partial charge >= 0.3 is 0 Å². The van der Waals surface area contributed by atoms with Gasteiger partial charge in [-0.3, -0.25) is 0 Å². The molecule has 0 fully saturated rings. The van der Waals surface area contributed by atoms with Crippen molar-refractivity contribution in [3.8, 4) is 5.75 Å². The van der Waals surface area contributed by atoms with Crippen molar-refractivity contribution in [2.75, 3.05) is 26.1 Å². The number of ether oxygens (including phenoxy) is 1. The highest BCUT2D eigenvalue weighted by atomic mass is 32.2. The second-order valence-electron chi connectivity index (χ2n) is 6.14. The first-order valence-electron chi connectivity index (χ1n) is 8.33. The maximum Gasteiger partial charge on any atom is 0.275 e. The van der Waals surface area contributed by atoms with Crippen LogP contribution >= 0.6 is 11.3 Å². The number of sulfonamides is 1. The van der Waals surface area contributed by atoms with Gasteiger partial charge in [0.1, 0.15) is 11.5 Å². The lowest BCUT2D eigenvalue weighted by Crippen LogP contribution is -2.22. The number of hydrogen-bond acceptors (Lipinski definition) is 6. The van der Waals surface area contributed by atoms with E-state index in [2.05, 4.69) is 11.0 Å². The van der Waals surface area contributed by atoms with E-state index < -0.39 is 10.0 Å². The van der Waals surface area contributed by atoms with Crippen LogP contribution in [-0.2, 0) is 23.1 Å². The van der Waals surface area contributed by atoms with E-state index in [4.69, 9.17) is 9.15 Å². The number of rotatable bonds is 8. The Balaban J connectivity index is 1.86. The molecule has 0 bridgehead atoms. The molecule has 0 aliphatic heterocycles. The average molecular weight is 407 g/mol. The maximum absolute atomic E-state index is 12.2. The fourth-order valence-corrected chi connectivity index (χ4v) is 4.10. The zero-order chi connectivity index (χ0) is 19.4. The standard InChI is InChI=1S/C19H22N2O4S2/c1-20(2)27(22,23)19-11-10-17(25-19)13-21(14-18-5-4-12-26-18)15-6-8-16(24-3)9-7-15/h4-12H,13-14H2,1-3H3. The van der Waals surface area contributed by atoms with Crippen LogP contribution in [0.1, 0.15) is 10.6 Å². The molecule has 0 amide bonds. The van der Waals surface area contributed by atoms with E-state index in [1.165, 1.54) is 25.0 Å². The largest absolute Gasteiger partial charge is 0.497 e. The van der Waals surface area contributed by atoms with Crippen LogP contribution in [0, 0.1) is 0 Å². The number of benzene rings is 1. The quantitative estimate of drug-likeness (QED) is 0.569. The fraction of sp³-hybridized carbons (Fsp3) is 0.263. The predicted molar refractivity (Wildman–Crippen MR) is 107 cm³/mol. The van der Waals surface area contributed by atoms with E-state index in [0.717, 1.165) is 15.7 Å². The van der Waals surface area contributed by atoms with Crippen LogP contribution in [0.15, 0.2) is 63.4 Å². The average Bonchev–Trinajstić information content (AvgIpc) is 3.33. The predicted octanol–water partition coefficient (Wildman–Crippen LogP) is 3.81. The molecule has 27 heavy (non-hydrogen) atoms. The van der Waals surface area contributed by atoms with Crippen molar-refractivity contribution < 1.29 is 17.6 Å². The third-order valence-electron chi connectivity index (χ3n) is 4.08. The normalized spacial score (nSPS) is 11.7. The number of nitrogens with zero attached hydrogens (tertiary/aromatic N) is 2. The van der Waals surface area contributed by atoms with Gasteiger partial charge in [-0.15, -0.1) is 11.3 Å². The highest BCUT2D eigenvalue weighted by Crippen LogP contribution is 2.26. The molecule has 0 aliphatic rings. The van der Waals surface area contributed by atoms with E-state index in [1.54, 1.807) is 24.5 Å². The van der Waals surface area contributed by atoms with Crippen molar-refractivity contribution >= 4 is 27.0 Å². The van der Waals surface area contributed by atoms with Crippen molar-refractivity contribution in [1.29, 1.82) is 0 Å². The Bertz CT molecular complexity index is 962. The number of thiophene rings is 1. The summed E-state index contributed by atoms with van der Waals surface area (Å²) in [4.78, 5) is 3.34. The first-order chi connectivity index (χ1) is 12.9. The minimum atomic E-state index is -3.58. The molecule has 0 saturated carbocycles. The lowest BCUT2D eigenvalue weighted by molar-refractivity contribution is 0.396. The summed E-state index contributed by atoms with van der Waals surface area (Å²) >= 11 is 1.68. The van der Waals surface area contributed by atoms with Gasteiger partial charge in [-0.05, 0) is 47.8 Å². The van der Waals surface area contributed by atoms with E-state index in [0.29, 0.717) is 18.8 Å². The lowest BCUT2D eigenvalue weighted by atomic mass is 10.2. The second kappa shape index (κ2) is 8.16. The Morgan fingerprint density at radius 1 is 1.04 bits per heavy atom. The highest BCUT2D eigenvalue weighted by molar-refractivity contribution is 7.88. The van der Waals surface area contributed by atoms with Gasteiger partial charge in [0.05, 0.1) is 20.2 Å². The molecule has 6 nitrogen and oxygen atoms in total. The molecular weight excluding hydrogens is 384 g/mol. The van der Waals surface area contributed by atoms with E-state index in [9.17, 15) is 8.42 Å². The lowest BCUT2D eigenvalue weighted by Gasteiger charge is -2.23. The van der Waals surface area contributed by atoms with Crippen molar-refractivity contribution in [3.63, 3.8) is 0 Å². The molecule has 3 rings (SSSR count). The maximum atomic E-state index is 12.2. The monoisotopic (exact) mass is 406 g/mol. The second-order valence-corrected chi connectivity index (χ2v) is 9.26. The molecule has 144 valence electrons. The van der Waals surface area contributed by atoms with Gasteiger partial charge in [-0.25, -0.2) is 12.7 Å². The van der Waals surface area contributed by atoms with E-state index >= 15 is 0 Å². The molecule has 1 aromatic carbocycles. The zero-order valence-corrected chi connectivity index (χ0v) is 17.1. The van der Waals surface area contributed by atoms with Gasteiger partial charge in [0.2, 0.25) is 5.09 Å². The Hall–Kier alpha value is -2.29. The molecule has 8 heteroatoms. The van der Waals surface area contributed by atoms with Gasteiger partial charge in [0, 0.05) is 24.7 Å². The Labute approximate surface area is 163 Å². The summed E-state index contributed by atoms with van der Waals surface area (Å²) in [6.45, 7) is 1.15. The minimum Gasteiger partial charge on any atom is -0.497 e. The number of hydrogen-bond donors (Lipinski definition) is 0. The molecule has 3 aromatic rings. The van der Waals surface area contributed by atoms with Gasteiger partial charge in [-0.2, -0.15) is 0 Å². The minimum absolute atomic E-state index is 0.0479. The highest BCUT2D eigenvalue weighted by Gasteiger charge is 2.22. The molecule has 0 saturated heterocycles. The first kappa shape index (κ1) is 19.5. The van der Waals surface area contributed by atoms with Gasteiger partial charge < -0.3 is 14.1 Å². The first-order valence-corrected chi connectivity index (χ1v) is 10.6. The summed E-state index contributed by atoms with van der Waals surface area (Å²) in [6, 6.07) is 15.1. The molecule has 0 unspecified atom stereocenters. The smallest absolute Gasteiger partial charge is 0.275 e. The number of methoxy groups -OCH3 is 1. The van der Waals surface area contributed by atoms with Crippen LogP contribution in [0.3, 0.4) is 0 Å². The topological polar surface area (TPSA) is 63.0 Å². The molecule has 2 aromatic heterocycles. The summed E-state index contributed by atoms with van der Waals surface area (Å²) in [5, 5.41) is 1.99.